The van der Waals surface area contributed by atoms with Crippen molar-refractivity contribution >= 4 is 5.91 Å². The minimum absolute atomic E-state index is 0.131. The average molecular weight is 227 g/mol. The minimum atomic E-state index is 0.131. The first-order valence-electron chi connectivity index (χ1n) is 6.38. The van der Waals surface area contributed by atoms with Gasteiger partial charge >= 0.3 is 0 Å². The van der Waals surface area contributed by atoms with Crippen LogP contribution in [0.25, 0.3) is 0 Å². The molecule has 1 rings (SSSR count). The highest BCUT2D eigenvalue weighted by Crippen LogP contribution is 2.13. The number of carbonyl (C=O) groups excluding carboxylic acids is 1. The van der Waals surface area contributed by atoms with Crippen molar-refractivity contribution in [2.24, 2.45) is 5.92 Å². The Kier molecular flexibility index (Phi) is 6.42. The molecular weight excluding hydrogens is 202 g/mol. The van der Waals surface area contributed by atoms with Crippen molar-refractivity contribution in [2.45, 2.75) is 26.2 Å². The predicted octanol–water partition coefficient (Wildman–Crippen LogP) is 0.444. The zero-order chi connectivity index (χ0) is 11.8. The monoisotopic (exact) mass is 227 g/mol. The lowest BCUT2D eigenvalue weighted by molar-refractivity contribution is -0.121. The van der Waals surface area contributed by atoms with Gasteiger partial charge in [-0.25, -0.2) is 0 Å². The van der Waals surface area contributed by atoms with Gasteiger partial charge in [-0.3, -0.25) is 9.69 Å². The molecule has 0 radical (unpaired) electrons. The van der Waals surface area contributed by atoms with E-state index in [1.165, 1.54) is 25.8 Å². The lowest BCUT2D eigenvalue weighted by Crippen LogP contribution is -2.37. The van der Waals surface area contributed by atoms with Crippen LogP contribution in [0.1, 0.15) is 26.2 Å². The maximum Gasteiger partial charge on any atom is 0.234 e. The van der Waals surface area contributed by atoms with E-state index in [-0.39, 0.29) is 5.91 Å². The predicted molar refractivity (Wildman–Crippen MR) is 66.4 cm³/mol. The maximum atomic E-state index is 11.3. The lowest BCUT2D eigenvalue weighted by atomic mass is 9.96. The molecule has 4 nitrogen and oxygen atoms in total. The summed E-state index contributed by atoms with van der Waals surface area (Å²) in [5, 5.41) is 6.24. The van der Waals surface area contributed by atoms with E-state index in [4.69, 9.17) is 0 Å². The number of carbonyl (C=O) groups is 1. The Morgan fingerprint density at radius 2 is 2.38 bits per heavy atom. The Morgan fingerprint density at radius 1 is 1.56 bits per heavy atom. The minimum Gasteiger partial charge on any atom is -0.355 e. The zero-order valence-electron chi connectivity index (χ0n) is 10.6. The van der Waals surface area contributed by atoms with E-state index in [0.29, 0.717) is 6.54 Å². The molecule has 0 saturated carbocycles. The zero-order valence-corrected chi connectivity index (χ0v) is 10.6. The van der Waals surface area contributed by atoms with Gasteiger partial charge in [-0.15, -0.1) is 0 Å². The third-order valence-corrected chi connectivity index (χ3v) is 3.11. The smallest absolute Gasteiger partial charge is 0.234 e. The molecule has 0 bridgehead atoms. The number of amides is 1. The van der Waals surface area contributed by atoms with Gasteiger partial charge in [0.15, 0.2) is 0 Å². The largest absolute Gasteiger partial charge is 0.355 e. The van der Waals surface area contributed by atoms with Crippen LogP contribution in [-0.4, -0.2) is 50.6 Å². The van der Waals surface area contributed by atoms with E-state index in [1.807, 2.05) is 14.0 Å². The quantitative estimate of drug-likeness (QED) is 0.692. The van der Waals surface area contributed by atoms with Gasteiger partial charge in [0, 0.05) is 6.54 Å². The summed E-state index contributed by atoms with van der Waals surface area (Å²) < 4.78 is 0. The standard InChI is InChI=1S/C12H25N3O/c1-3-14-12(16)10-15(2)8-6-11-5-4-7-13-9-11/h11,13H,3-10H2,1-2H3,(H,14,16). The molecule has 0 aromatic heterocycles. The van der Waals surface area contributed by atoms with Gasteiger partial charge in [0.2, 0.25) is 5.91 Å². The van der Waals surface area contributed by atoms with Crippen molar-refractivity contribution in [3.8, 4) is 0 Å². The summed E-state index contributed by atoms with van der Waals surface area (Å²) in [6, 6.07) is 0. The van der Waals surface area contributed by atoms with Gasteiger partial charge in [0.1, 0.15) is 0 Å². The molecule has 1 atom stereocenters. The molecule has 16 heavy (non-hydrogen) atoms. The summed E-state index contributed by atoms with van der Waals surface area (Å²) in [5.74, 6) is 0.928. The SMILES string of the molecule is CCNC(=O)CN(C)CCC1CCCNC1. The molecule has 0 aromatic rings. The third-order valence-electron chi connectivity index (χ3n) is 3.11. The van der Waals surface area contributed by atoms with E-state index in [9.17, 15) is 4.79 Å². The van der Waals surface area contributed by atoms with Crippen LogP contribution >= 0.6 is 0 Å². The summed E-state index contributed by atoms with van der Waals surface area (Å²) in [6.07, 6.45) is 3.83. The maximum absolute atomic E-state index is 11.3. The molecule has 0 aromatic carbocycles. The Labute approximate surface area is 98.8 Å². The second-order valence-corrected chi connectivity index (χ2v) is 4.69. The number of piperidine rings is 1. The Bertz CT molecular complexity index is 202. The molecule has 1 aliphatic rings. The molecule has 1 heterocycles. The molecule has 0 spiro atoms. The Hall–Kier alpha value is -0.610. The van der Waals surface area contributed by atoms with Crippen molar-refractivity contribution in [3.63, 3.8) is 0 Å². The van der Waals surface area contributed by atoms with E-state index >= 15 is 0 Å². The first-order chi connectivity index (χ1) is 7.72. The van der Waals surface area contributed by atoms with Crippen molar-refractivity contribution in [2.75, 3.05) is 39.8 Å². The van der Waals surface area contributed by atoms with Crippen LogP contribution in [0.5, 0.6) is 0 Å². The van der Waals surface area contributed by atoms with E-state index in [0.717, 1.165) is 25.6 Å². The summed E-state index contributed by atoms with van der Waals surface area (Å²) in [4.78, 5) is 13.5. The van der Waals surface area contributed by atoms with Gasteiger partial charge in [-0.05, 0) is 58.8 Å². The molecular formula is C12H25N3O. The first kappa shape index (κ1) is 13.5. The summed E-state index contributed by atoms with van der Waals surface area (Å²) in [5.41, 5.74) is 0. The lowest BCUT2D eigenvalue weighted by Gasteiger charge is -2.25. The molecule has 2 N–H and O–H groups in total. The highest BCUT2D eigenvalue weighted by atomic mass is 16.1. The molecule has 4 heteroatoms. The van der Waals surface area contributed by atoms with Crippen molar-refractivity contribution in [3.05, 3.63) is 0 Å². The van der Waals surface area contributed by atoms with Crippen LogP contribution in [0.2, 0.25) is 0 Å². The van der Waals surface area contributed by atoms with Gasteiger partial charge in [-0.1, -0.05) is 0 Å². The average Bonchev–Trinajstić information content (AvgIpc) is 2.28. The van der Waals surface area contributed by atoms with Crippen LogP contribution in [0.3, 0.4) is 0 Å². The number of rotatable bonds is 6. The summed E-state index contributed by atoms with van der Waals surface area (Å²) in [6.45, 7) is 6.53. The van der Waals surface area contributed by atoms with Crippen LogP contribution in [0.4, 0.5) is 0 Å². The van der Waals surface area contributed by atoms with E-state index < -0.39 is 0 Å². The van der Waals surface area contributed by atoms with Gasteiger partial charge < -0.3 is 10.6 Å². The van der Waals surface area contributed by atoms with E-state index in [1.54, 1.807) is 0 Å². The van der Waals surface area contributed by atoms with Crippen molar-refractivity contribution in [1.82, 2.24) is 15.5 Å². The Morgan fingerprint density at radius 3 is 3.00 bits per heavy atom. The van der Waals surface area contributed by atoms with Crippen LogP contribution in [0.15, 0.2) is 0 Å². The molecule has 1 fully saturated rings. The fraction of sp³-hybridized carbons (Fsp3) is 0.917. The van der Waals surface area contributed by atoms with Gasteiger partial charge in [0.25, 0.3) is 0 Å². The first-order valence-corrected chi connectivity index (χ1v) is 6.38. The second kappa shape index (κ2) is 7.63. The van der Waals surface area contributed by atoms with Crippen molar-refractivity contribution in [1.29, 1.82) is 0 Å². The fourth-order valence-corrected chi connectivity index (χ4v) is 2.15. The Balaban J connectivity index is 2.08. The molecule has 1 aliphatic heterocycles. The molecule has 0 aliphatic carbocycles. The number of hydrogen-bond donors (Lipinski definition) is 2. The molecule has 1 unspecified atom stereocenters. The number of likely N-dealkylation sites (N-methyl/N-ethyl adjacent to an activating group) is 2. The highest BCUT2D eigenvalue weighted by Gasteiger charge is 2.14. The normalized spacial score (nSPS) is 21.1. The topological polar surface area (TPSA) is 44.4 Å². The third kappa shape index (κ3) is 5.47. The number of hydrogen-bond acceptors (Lipinski definition) is 3. The number of nitrogens with zero attached hydrogens (tertiary/aromatic N) is 1. The van der Waals surface area contributed by atoms with E-state index in [2.05, 4.69) is 15.5 Å². The van der Waals surface area contributed by atoms with Gasteiger partial charge in [-0.2, -0.15) is 0 Å². The van der Waals surface area contributed by atoms with Crippen LogP contribution < -0.4 is 10.6 Å². The second-order valence-electron chi connectivity index (χ2n) is 4.69. The van der Waals surface area contributed by atoms with Crippen LogP contribution in [-0.2, 0) is 4.79 Å². The number of nitrogens with one attached hydrogen (secondary N) is 2. The summed E-state index contributed by atoms with van der Waals surface area (Å²) in [7, 11) is 2.02. The van der Waals surface area contributed by atoms with Crippen LogP contribution in [0, 0.1) is 5.92 Å². The summed E-state index contributed by atoms with van der Waals surface area (Å²) >= 11 is 0. The fourth-order valence-electron chi connectivity index (χ4n) is 2.15. The molecule has 1 saturated heterocycles. The molecule has 94 valence electrons. The van der Waals surface area contributed by atoms with Crippen molar-refractivity contribution < 1.29 is 4.79 Å². The van der Waals surface area contributed by atoms with Gasteiger partial charge in [0.05, 0.1) is 6.54 Å². The molecule has 1 amide bonds. The highest BCUT2D eigenvalue weighted by molar-refractivity contribution is 5.77.